The summed E-state index contributed by atoms with van der Waals surface area (Å²) in [4.78, 5) is 0.0392. The van der Waals surface area contributed by atoms with Crippen LogP contribution in [0, 0.1) is 11.7 Å². The Kier molecular flexibility index (Phi) is 7.10. The van der Waals surface area contributed by atoms with Crippen LogP contribution in [-0.2, 0) is 10.0 Å². The first-order valence-electron chi connectivity index (χ1n) is 6.18. The summed E-state index contributed by atoms with van der Waals surface area (Å²) in [6.07, 6.45) is 0.629. The lowest BCUT2D eigenvalue weighted by Gasteiger charge is -2.30. The van der Waals surface area contributed by atoms with Crippen LogP contribution in [0.5, 0.6) is 0 Å². The molecule has 7 heteroatoms. The number of sulfonamides is 1. The highest BCUT2D eigenvalue weighted by molar-refractivity contribution is 7.89. The first-order chi connectivity index (χ1) is 8.68. The fourth-order valence-corrected chi connectivity index (χ4v) is 3.49. The van der Waals surface area contributed by atoms with Gasteiger partial charge >= 0.3 is 0 Å². The van der Waals surface area contributed by atoms with Crippen LogP contribution >= 0.6 is 12.4 Å². The molecule has 0 aliphatic carbocycles. The van der Waals surface area contributed by atoms with Gasteiger partial charge in [0, 0.05) is 12.1 Å². The summed E-state index contributed by atoms with van der Waals surface area (Å²) in [7, 11) is -3.69. The molecule has 0 radical (unpaired) electrons. The number of benzene rings is 1. The Labute approximate surface area is 126 Å². The summed E-state index contributed by atoms with van der Waals surface area (Å²) in [6.45, 7) is 5.97. The van der Waals surface area contributed by atoms with Gasteiger partial charge in [-0.15, -0.1) is 12.4 Å². The van der Waals surface area contributed by atoms with Crippen LogP contribution < -0.4 is 10.5 Å². The quantitative estimate of drug-likeness (QED) is 0.843. The summed E-state index contributed by atoms with van der Waals surface area (Å²) in [5.74, 6) is -0.160. The number of hydrogen-bond donors (Lipinski definition) is 2. The predicted octanol–water partition coefficient (Wildman–Crippen LogP) is 2.29. The van der Waals surface area contributed by atoms with Crippen molar-refractivity contribution in [3.63, 3.8) is 0 Å². The maximum absolute atomic E-state index is 12.8. The largest absolute Gasteiger partial charge is 0.329 e. The van der Waals surface area contributed by atoms with Gasteiger partial charge in [-0.3, -0.25) is 0 Å². The van der Waals surface area contributed by atoms with Crippen molar-refractivity contribution in [1.82, 2.24) is 4.72 Å². The van der Waals surface area contributed by atoms with Gasteiger partial charge in [0.15, 0.2) is 0 Å². The van der Waals surface area contributed by atoms with E-state index in [4.69, 9.17) is 5.73 Å². The average molecular weight is 325 g/mol. The Morgan fingerprint density at radius 3 is 2.20 bits per heavy atom. The van der Waals surface area contributed by atoms with Gasteiger partial charge in [0.05, 0.1) is 4.90 Å². The lowest BCUT2D eigenvalue weighted by Crippen LogP contribution is -2.51. The van der Waals surface area contributed by atoms with Crippen molar-refractivity contribution in [3.8, 4) is 0 Å². The van der Waals surface area contributed by atoms with E-state index in [2.05, 4.69) is 4.72 Å². The molecule has 0 aliphatic heterocycles. The third-order valence-corrected chi connectivity index (χ3v) is 4.47. The van der Waals surface area contributed by atoms with Crippen LogP contribution in [0.2, 0.25) is 0 Å². The highest BCUT2D eigenvalue weighted by Gasteiger charge is 2.30. The van der Waals surface area contributed by atoms with Crippen molar-refractivity contribution < 1.29 is 12.8 Å². The van der Waals surface area contributed by atoms with E-state index in [0.29, 0.717) is 12.3 Å². The van der Waals surface area contributed by atoms with Crippen molar-refractivity contribution in [2.45, 2.75) is 37.6 Å². The van der Waals surface area contributed by atoms with E-state index in [-0.39, 0.29) is 23.8 Å². The highest BCUT2D eigenvalue weighted by atomic mass is 35.5. The second kappa shape index (κ2) is 7.36. The van der Waals surface area contributed by atoms with E-state index in [1.807, 2.05) is 13.8 Å². The van der Waals surface area contributed by atoms with Crippen LogP contribution in [0.3, 0.4) is 0 Å². The molecule has 0 aromatic heterocycles. The van der Waals surface area contributed by atoms with Crippen LogP contribution in [-0.4, -0.2) is 20.5 Å². The van der Waals surface area contributed by atoms with Crippen molar-refractivity contribution in [2.24, 2.45) is 11.7 Å². The molecule has 0 saturated carbocycles. The molecule has 20 heavy (non-hydrogen) atoms. The molecule has 0 bridgehead atoms. The van der Waals surface area contributed by atoms with Crippen LogP contribution in [0.25, 0.3) is 0 Å². The fourth-order valence-electron chi connectivity index (χ4n) is 2.06. The summed E-state index contributed by atoms with van der Waals surface area (Å²) >= 11 is 0. The second-order valence-corrected chi connectivity index (χ2v) is 7.10. The zero-order valence-electron chi connectivity index (χ0n) is 11.9. The molecule has 1 aromatic rings. The van der Waals surface area contributed by atoms with Crippen molar-refractivity contribution in [3.05, 3.63) is 30.1 Å². The molecular formula is C13H22ClFN2O2S. The van der Waals surface area contributed by atoms with Crippen molar-refractivity contribution >= 4 is 22.4 Å². The summed E-state index contributed by atoms with van der Waals surface area (Å²) in [5.41, 5.74) is 4.97. The minimum Gasteiger partial charge on any atom is -0.329 e. The minimum absolute atomic E-state index is 0. The Bertz CT molecular complexity index is 520. The maximum atomic E-state index is 12.8. The van der Waals surface area contributed by atoms with E-state index in [1.54, 1.807) is 6.92 Å². The second-order valence-electron chi connectivity index (χ2n) is 5.42. The molecule has 4 nitrogen and oxygen atoms in total. The van der Waals surface area contributed by atoms with E-state index < -0.39 is 21.4 Å². The molecule has 0 aliphatic rings. The number of rotatable bonds is 6. The summed E-state index contributed by atoms with van der Waals surface area (Å²) < 4.78 is 39.8. The Balaban J connectivity index is 0.00000361. The molecule has 0 fully saturated rings. The molecule has 1 atom stereocenters. The van der Waals surface area contributed by atoms with Crippen LogP contribution in [0.4, 0.5) is 4.39 Å². The molecule has 1 rings (SSSR count). The molecule has 0 saturated heterocycles. The Morgan fingerprint density at radius 1 is 1.30 bits per heavy atom. The maximum Gasteiger partial charge on any atom is 0.241 e. The Morgan fingerprint density at radius 2 is 1.80 bits per heavy atom. The normalized spacial score (nSPS) is 14.7. The monoisotopic (exact) mass is 324 g/mol. The third kappa shape index (κ3) is 5.36. The smallest absolute Gasteiger partial charge is 0.241 e. The van der Waals surface area contributed by atoms with E-state index >= 15 is 0 Å². The topological polar surface area (TPSA) is 72.2 Å². The molecule has 3 N–H and O–H groups in total. The fraction of sp³-hybridized carbons (Fsp3) is 0.538. The average Bonchev–Trinajstić information content (AvgIpc) is 2.27. The summed E-state index contributed by atoms with van der Waals surface area (Å²) in [6, 6.07) is 4.72. The van der Waals surface area contributed by atoms with Gasteiger partial charge < -0.3 is 5.73 Å². The lowest BCUT2D eigenvalue weighted by molar-refractivity contribution is 0.344. The number of hydrogen-bond acceptors (Lipinski definition) is 3. The van der Waals surface area contributed by atoms with E-state index in [9.17, 15) is 12.8 Å². The van der Waals surface area contributed by atoms with Crippen LogP contribution in [0.1, 0.15) is 27.2 Å². The molecular weight excluding hydrogens is 303 g/mol. The predicted molar refractivity (Wildman–Crippen MR) is 80.9 cm³/mol. The summed E-state index contributed by atoms with van der Waals surface area (Å²) in [5, 5.41) is 0. The highest BCUT2D eigenvalue weighted by Crippen LogP contribution is 2.19. The standard InChI is InChI=1S/C13H21FN2O2S.ClH/c1-10(2)8-13(3,9-15)16-19(17,18)12-6-4-11(14)5-7-12;/h4-7,10,16H,8-9,15H2,1-3H3;1H. The van der Waals surface area contributed by atoms with E-state index in [0.717, 1.165) is 12.1 Å². The SMILES string of the molecule is CC(C)CC(C)(CN)NS(=O)(=O)c1ccc(F)cc1.Cl. The molecule has 116 valence electrons. The molecule has 0 amide bonds. The minimum atomic E-state index is -3.69. The zero-order valence-corrected chi connectivity index (χ0v) is 13.5. The van der Waals surface area contributed by atoms with Gasteiger partial charge in [-0.05, 0) is 43.5 Å². The first kappa shape index (κ1) is 19.3. The van der Waals surface area contributed by atoms with Gasteiger partial charge in [0.1, 0.15) is 5.82 Å². The van der Waals surface area contributed by atoms with Crippen molar-refractivity contribution in [1.29, 1.82) is 0 Å². The zero-order chi connectivity index (χ0) is 14.7. The van der Waals surface area contributed by atoms with E-state index in [1.165, 1.54) is 12.1 Å². The number of nitrogens with two attached hydrogens (primary N) is 1. The van der Waals surface area contributed by atoms with Gasteiger partial charge in [0.2, 0.25) is 10.0 Å². The molecule has 0 spiro atoms. The molecule has 1 aromatic carbocycles. The van der Waals surface area contributed by atoms with Crippen LogP contribution in [0.15, 0.2) is 29.2 Å². The first-order valence-corrected chi connectivity index (χ1v) is 7.66. The Hall–Kier alpha value is -0.690. The number of halogens is 2. The van der Waals surface area contributed by atoms with Gasteiger partial charge in [-0.1, -0.05) is 13.8 Å². The van der Waals surface area contributed by atoms with Gasteiger partial charge in [-0.2, -0.15) is 0 Å². The lowest BCUT2D eigenvalue weighted by atomic mass is 9.92. The molecule has 1 unspecified atom stereocenters. The third-order valence-electron chi connectivity index (χ3n) is 2.81. The number of nitrogens with one attached hydrogen (secondary N) is 1. The van der Waals surface area contributed by atoms with Gasteiger partial charge in [0.25, 0.3) is 0 Å². The van der Waals surface area contributed by atoms with Crippen molar-refractivity contribution in [2.75, 3.05) is 6.54 Å². The van der Waals surface area contributed by atoms with Gasteiger partial charge in [-0.25, -0.2) is 17.5 Å². The molecule has 0 heterocycles.